The molecule has 48 heteroatoms. The SMILES string of the molecule is O=C(OC(F)(F)C1(C(F)(F)F)OC(F)(F)C2(C(F)(F)O1)C(F)(F)OC(C(F)(F)F)(C(F)(F)OC(=O)C(F)(OC(F)(F)C(F)(F)C(F)(F)F)C(F)(F)F)OC2(F)F)C(F)(CF)OC(F)(F)C(F)(F)C(F)(F)F. The van der Waals surface area contributed by atoms with Gasteiger partial charge in [-0.2, -0.15) is 162 Å². The fourth-order valence-electron chi connectivity index (χ4n) is 4.57. The highest BCUT2D eigenvalue weighted by Gasteiger charge is 3.05. The first kappa shape index (κ1) is 63.2. The van der Waals surface area contributed by atoms with Crippen LogP contribution in [0, 0.1) is 5.41 Å². The Morgan fingerprint density at radius 2 is 0.634 bits per heavy atom. The molecular weight excluding hydrogens is 1160 g/mol. The fourth-order valence-corrected chi connectivity index (χ4v) is 4.57. The lowest BCUT2D eigenvalue weighted by Crippen LogP contribution is -2.88. The van der Waals surface area contributed by atoms with Crippen molar-refractivity contribution in [1.29, 1.82) is 0 Å². The number of halogens is 38. The van der Waals surface area contributed by atoms with Gasteiger partial charge in [0.1, 0.15) is 0 Å². The van der Waals surface area contributed by atoms with Crippen LogP contribution in [0.15, 0.2) is 0 Å². The number of carbonyl (C=O) groups excluding carboxylic acids is 2. The van der Waals surface area contributed by atoms with E-state index >= 15 is 35.1 Å². The molecule has 0 radical (unpaired) electrons. The Hall–Kier alpha value is -3.96. The van der Waals surface area contributed by atoms with Crippen LogP contribution in [0.5, 0.6) is 0 Å². The third-order valence-electron chi connectivity index (χ3n) is 7.89. The molecule has 1 spiro atoms. The van der Waals surface area contributed by atoms with Gasteiger partial charge in [0.05, 0.1) is 0 Å². The summed E-state index contributed by atoms with van der Waals surface area (Å²) in [7, 11) is 0. The van der Waals surface area contributed by atoms with Crippen LogP contribution in [0.4, 0.5) is 167 Å². The van der Waals surface area contributed by atoms with Gasteiger partial charge >= 0.3 is 132 Å². The first-order valence-corrected chi connectivity index (χ1v) is 15.0. The van der Waals surface area contributed by atoms with Crippen LogP contribution in [-0.4, -0.2) is 133 Å². The topological polar surface area (TPSA) is 108 Å². The highest BCUT2D eigenvalue weighted by molar-refractivity contribution is 5.79. The summed E-state index contributed by atoms with van der Waals surface area (Å²) in [5.41, 5.74) is -9.09. The molecule has 2 heterocycles. The van der Waals surface area contributed by atoms with Crippen molar-refractivity contribution in [2.24, 2.45) is 5.41 Å². The second-order valence-corrected chi connectivity index (χ2v) is 12.6. The smallest absolute Gasteiger partial charge is 0.392 e. The van der Waals surface area contributed by atoms with E-state index in [2.05, 4.69) is 0 Å². The van der Waals surface area contributed by atoms with Gasteiger partial charge in [0.25, 0.3) is 0 Å². The van der Waals surface area contributed by atoms with Gasteiger partial charge in [-0.05, 0) is 0 Å². The van der Waals surface area contributed by atoms with Gasteiger partial charge in [-0.25, -0.2) is 14.0 Å². The lowest BCUT2D eigenvalue weighted by molar-refractivity contribution is -0.711. The van der Waals surface area contributed by atoms with Crippen LogP contribution >= 0.6 is 0 Å². The number of alkyl halides is 38. The number of hydrogen-bond donors (Lipinski definition) is 0. The van der Waals surface area contributed by atoms with Crippen molar-refractivity contribution in [1.82, 2.24) is 0 Å². The van der Waals surface area contributed by atoms with E-state index in [-0.39, 0.29) is 0 Å². The molecule has 2 unspecified atom stereocenters. The molecule has 0 aromatic carbocycles. The molecule has 0 aromatic rings. The Balaban J connectivity index is 2.94. The highest BCUT2D eigenvalue weighted by Crippen LogP contribution is 2.76. The highest BCUT2D eigenvalue weighted by atomic mass is 19.5. The molecule has 71 heavy (non-hydrogen) atoms. The van der Waals surface area contributed by atoms with Crippen molar-refractivity contribution in [2.45, 2.75) is 115 Å². The number of esters is 2. The van der Waals surface area contributed by atoms with Crippen molar-refractivity contribution in [3.8, 4) is 0 Å². The van der Waals surface area contributed by atoms with E-state index in [0.717, 1.165) is 4.74 Å². The van der Waals surface area contributed by atoms with Crippen LogP contribution < -0.4 is 0 Å². The number of hydrogen-bond acceptors (Lipinski definition) is 10. The maximum atomic E-state index is 15.3. The molecule has 2 rings (SSSR count). The molecule has 2 saturated heterocycles. The van der Waals surface area contributed by atoms with Gasteiger partial charge in [-0.3, -0.25) is 28.4 Å². The quantitative estimate of drug-likeness (QED) is 0.131. The van der Waals surface area contributed by atoms with Gasteiger partial charge in [0, 0.05) is 0 Å². The summed E-state index contributed by atoms with van der Waals surface area (Å²) in [4.78, 5) is 23.2. The van der Waals surface area contributed by atoms with Gasteiger partial charge < -0.3 is 9.47 Å². The predicted molar refractivity (Wildman–Crippen MR) is 120 cm³/mol. The predicted octanol–water partition coefficient (Wildman–Crippen LogP) is 10.7. The zero-order chi connectivity index (χ0) is 57.5. The van der Waals surface area contributed by atoms with E-state index in [9.17, 15) is 141 Å². The number of ether oxygens (including phenoxy) is 8. The van der Waals surface area contributed by atoms with E-state index in [4.69, 9.17) is 0 Å². The minimum atomic E-state index is -9.22. The molecule has 0 aromatic heterocycles. The van der Waals surface area contributed by atoms with Crippen LogP contribution in [0.25, 0.3) is 0 Å². The molecule has 2 atom stereocenters. The second kappa shape index (κ2) is 16.3. The zero-order valence-electron chi connectivity index (χ0n) is 30.2. The summed E-state index contributed by atoms with van der Waals surface area (Å²) in [5.74, 6) is -60.3. The summed E-state index contributed by atoms with van der Waals surface area (Å²) in [5, 5.41) is 0. The molecule has 0 saturated carbocycles. The molecule has 10 nitrogen and oxygen atoms in total. The van der Waals surface area contributed by atoms with Crippen LogP contribution in [0.1, 0.15) is 0 Å². The van der Waals surface area contributed by atoms with E-state index in [1.807, 2.05) is 0 Å². The summed E-state index contributed by atoms with van der Waals surface area (Å²) in [6, 6.07) is 0. The molecular formula is C23H2F38O10. The fraction of sp³-hybridized carbons (Fsp3) is 0.913. The Labute approximate surface area is 354 Å². The third kappa shape index (κ3) is 8.94. The minimum absolute atomic E-state index is 1.16. The molecule has 420 valence electrons. The zero-order valence-corrected chi connectivity index (χ0v) is 30.2. The van der Waals surface area contributed by atoms with Crippen molar-refractivity contribution < 1.29 is 214 Å². The van der Waals surface area contributed by atoms with Gasteiger partial charge in [0.15, 0.2) is 6.67 Å². The standard InChI is InChI=1S/C23H2F38O10/c24-1-4(25,66-20(54,55)7(27,28)12(34,35)36)2(62)64-22(58,59)9(14(40,41)42)68-16(46,47)6(17(48,49)69-9)18(50,51)70-10(15(43,44)45,71-19(6,52)53)23(60,61)65-3(63)5(26,11(31,32)33)67-21(56,57)8(29,30)13(37,38)39/h1H2. The van der Waals surface area contributed by atoms with Gasteiger partial charge in [-0.1, -0.05) is 0 Å². The molecule has 0 aliphatic carbocycles. The molecule has 2 aliphatic rings. The molecule has 0 bridgehead atoms. The first-order chi connectivity index (χ1) is 30.3. The molecule has 2 aliphatic heterocycles. The Bertz CT molecular complexity index is 1970. The van der Waals surface area contributed by atoms with E-state index in [1.165, 1.54) is 14.2 Å². The molecule has 0 amide bonds. The average Bonchev–Trinajstić information content (AvgIpc) is 3.05. The van der Waals surface area contributed by atoms with Crippen molar-refractivity contribution >= 4 is 11.9 Å². The maximum absolute atomic E-state index is 15.3. The summed E-state index contributed by atoms with van der Waals surface area (Å²) in [6.45, 7) is -4.41. The van der Waals surface area contributed by atoms with Crippen molar-refractivity contribution in [2.75, 3.05) is 6.67 Å². The van der Waals surface area contributed by atoms with Crippen LogP contribution in [-0.2, 0) is 47.5 Å². The van der Waals surface area contributed by atoms with Gasteiger partial charge in [0.2, 0.25) is 0 Å². The van der Waals surface area contributed by atoms with Crippen LogP contribution in [0.3, 0.4) is 0 Å². The van der Waals surface area contributed by atoms with E-state index in [0.29, 0.717) is 0 Å². The monoisotopic (exact) mass is 1160 g/mol. The maximum Gasteiger partial charge on any atom is 0.466 e. The number of carbonyl (C=O) groups is 2. The first-order valence-electron chi connectivity index (χ1n) is 15.0. The summed E-state index contributed by atoms with van der Waals surface area (Å²) in [6.07, 6.45) is -113. The van der Waals surface area contributed by atoms with Crippen molar-refractivity contribution in [3.63, 3.8) is 0 Å². The third-order valence-corrected chi connectivity index (χ3v) is 7.89. The average molecular weight is 1160 g/mol. The Morgan fingerprint density at radius 3 is 0.859 bits per heavy atom. The van der Waals surface area contributed by atoms with Crippen molar-refractivity contribution in [3.05, 3.63) is 0 Å². The molecule has 0 N–H and O–H groups in total. The summed E-state index contributed by atoms with van der Waals surface area (Å²) >= 11 is 0. The van der Waals surface area contributed by atoms with E-state index in [1.54, 1.807) is 18.9 Å². The largest absolute Gasteiger partial charge is 0.466 e. The van der Waals surface area contributed by atoms with Gasteiger partial charge in [-0.15, -0.1) is 0 Å². The number of rotatable bonds is 13. The lowest BCUT2D eigenvalue weighted by atomic mass is 9.78. The Morgan fingerprint density at radius 1 is 0.380 bits per heavy atom. The minimum Gasteiger partial charge on any atom is -0.392 e. The Kier molecular flexibility index (Phi) is 14.5. The lowest BCUT2D eigenvalue weighted by Gasteiger charge is -2.60. The summed E-state index contributed by atoms with van der Waals surface area (Å²) < 4.78 is 539. The molecule has 2 fully saturated rings. The van der Waals surface area contributed by atoms with E-state index < -0.39 is 139 Å². The second-order valence-electron chi connectivity index (χ2n) is 12.6. The van der Waals surface area contributed by atoms with Crippen LogP contribution in [0.2, 0.25) is 0 Å². The normalized spacial score (nSPS) is 27.9.